The van der Waals surface area contributed by atoms with E-state index in [2.05, 4.69) is 27.4 Å². The van der Waals surface area contributed by atoms with Crippen LogP contribution in [0.2, 0.25) is 0 Å². The Balaban J connectivity index is 2.00. The van der Waals surface area contributed by atoms with Gasteiger partial charge in [-0.15, -0.1) is 0 Å². The Hall–Kier alpha value is -2.10. The number of carbonyl (C=O) groups excluding carboxylic acids is 2. The third-order valence-corrected chi connectivity index (χ3v) is 8.20. The summed E-state index contributed by atoms with van der Waals surface area (Å²) in [4.78, 5) is 23.9. The Labute approximate surface area is 187 Å². The van der Waals surface area contributed by atoms with Crippen molar-refractivity contribution in [1.82, 2.24) is 0 Å². The zero-order chi connectivity index (χ0) is 22.8. The molecule has 0 aromatic heterocycles. The van der Waals surface area contributed by atoms with E-state index in [1.165, 1.54) is 24.8 Å². The van der Waals surface area contributed by atoms with Gasteiger partial charge in [0, 0.05) is 12.8 Å². The van der Waals surface area contributed by atoms with Gasteiger partial charge < -0.3 is 9.47 Å². The van der Waals surface area contributed by atoms with Gasteiger partial charge in [0.1, 0.15) is 11.5 Å². The molecular formula is C27H38O4. The normalized spacial score (nSPS) is 30.4. The minimum Gasteiger partial charge on any atom is -0.427 e. The van der Waals surface area contributed by atoms with Crippen molar-refractivity contribution in [3.63, 3.8) is 0 Å². The maximum atomic E-state index is 12.1. The number of allylic oxidation sites excluding steroid dienone is 1. The van der Waals surface area contributed by atoms with Gasteiger partial charge in [0.2, 0.25) is 0 Å². The van der Waals surface area contributed by atoms with Gasteiger partial charge in [0.05, 0.1) is 0 Å². The van der Waals surface area contributed by atoms with E-state index < -0.39 is 0 Å². The fraction of sp³-hybridized carbons (Fsp3) is 0.630. The van der Waals surface area contributed by atoms with Crippen molar-refractivity contribution >= 4 is 11.9 Å². The Morgan fingerprint density at radius 3 is 2.45 bits per heavy atom. The molecule has 1 aromatic rings. The summed E-state index contributed by atoms with van der Waals surface area (Å²) in [5, 5.41) is 0. The molecule has 0 saturated heterocycles. The Morgan fingerprint density at radius 1 is 1.10 bits per heavy atom. The van der Waals surface area contributed by atoms with E-state index in [0.717, 1.165) is 24.8 Å². The average Bonchev–Trinajstić information content (AvgIpc) is 2.74. The molecule has 2 saturated carbocycles. The second-order valence-electron chi connectivity index (χ2n) is 10.0. The molecule has 31 heavy (non-hydrogen) atoms. The third-order valence-electron chi connectivity index (χ3n) is 8.20. The minimum atomic E-state index is -0.266. The van der Waals surface area contributed by atoms with Crippen LogP contribution in [-0.2, 0) is 16.0 Å². The van der Waals surface area contributed by atoms with Gasteiger partial charge in [-0.05, 0) is 85.0 Å². The number of fused-ring (bicyclic) bond motifs is 1. The molecule has 0 unspecified atom stereocenters. The summed E-state index contributed by atoms with van der Waals surface area (Å²) in [6.45, 7) is 15.2. The van der Waals surface area contributed by atoms with E-state index >= 15 is 0 Å². The SMILES string of the molecule is C=C1CCC[C@H]2[C@](C)(Cc3cc(OC(=O)CC)ccc3OC(=O)CC)[C@@H](C)CC[C@]12C. The predicted molar refractivity (Wildman–Crippen MR) is 123 cm³/mol. The van der Waals surface area contributed by atoms with Crippen molar-refractivity contribution < 1.29 is 19.1 Å². The van der Waals surface area contributed by atoms with Crippen molar-refractivity contribution in [2.75, 3.05) is 0 Å². The zero-order valence-corrected chi connectivity index (χ0v) is 19.9. The van der Waals surface area contributed by atoms with Crippen LogP contribution >= 0.6 is 0 Å². The van der Waals surface area contributed by atoms with Gasteiger partial charge in [-0.2, -0.15) is 0 Å². The lowest BCUT2D eigenvalue weighted by molar-refractivity contribution is -0.135. The molecule has 2 fully saturated rings. The van der Waals surface area contributed by atoms with E-state index in [-0.39, 0.29) is 22.8 Å². The van der Waals surface area contributed by atoms with Crippen LogP contribution in [0.4, 0.5) is 0 Å². The molecule has 0 N–H and O–H groups in total. The van der Waals surface area contributed by atoms with Crippen molar-refractivity contribution in [2.45, 2.75) is 86.0 Å². The predicted octanol–water partition coefficient (Wildman–Crippen LogP) is 6.66. The summed E-state index contributed by atoms with van der Waals surface area (Å²) < 4.78 is 11.2. The van der Waals surface area contributed by atoms with Crippen molar-refractivity contribution in [3.05, 3.63) is 35.9 Å². The van der Waals surface area contributed by atoms with E-state index in [9.17, 15) is 9.59 Å². The molecule has 0 bridgehead atoms. The molecule has 0 spiro atoms. The van der Waals surface area contributed by atoms with Gasteiger partial charge in [-0.3, -0.25) is 9.59 Å². The number of esters is 2. The lowest BCUT2D eigenvalue weighted by Crippen LogP contribution is -2.51. The van der Waals surface area contributed by atoms with E-state index in [4.69, 9.17) is 9.47 Å². The number of rotatable bonds is 6. The van der Waals surface area contributed by atoms with Crippen LogP contribution in [0.3, 0.4) is 0 Å². The van der Waals surface area contributed by atoms with Gasteiger partial charge >= 0.3 is 11.9 Å². The monoisotopic (exact) mass is 426 g/mol. The molecule has 3 rings (SSSR count). The first-order chi connectivity index (χ1) is 14.6. The highest BCUT2D eigenvalue weighted by Gasteiger charge is 2.54. The quantitative estimate of drug-likeness (QED) is 0.290. The smallest absolute Gasteiger partial charge is 0.310 e. The summed E-state index contributed by atoms with van der Waals surface area (Å²) >= 11 is 0. The number of hydrogen-bond donors (Lipinski definition) is 0. The highest BCUT2D eigenvalue weighted by atomic mass is 16.5. The summed E-state index contributed by atoms with van der Waals surface area (Å²) in [5.41, 5.74) is 2.53. The fourth-order valence-corrected chi connectivity index (χ4v) is 5.93. The molecule has 170 valence electrons. The summed E-state index contributed by atoms with van der Waals surface area (Å²) in [7, 11) is 0. The first kappa shape index (κ1) is 23.6. The van der Waals surface area contributed by atoms with Crippen molar-refractivity contribution in [3.8, 4) is 11.5 Å². The molecule has 2 aliphatic rings. The van der Waals surface area contributed by atoms with Crippen LogP contribution in [0.1, 0.15) is 85.1 Å². The second kappa shape index (κ2) is 9.18. The number of carbonyl (C=O) groups is 2. The Bertz CT molecular complexity index is 857. The number of ether oxygens (including phenoxy) is 2. The van der Waals surface area contributed by atoms with E-state index in [1.54, 1.807) is 26.0 Å². The van der Waals surface area contributed by atoms with E-state index in [0.29, 0.717) is 36.2 Å². The molecule has 0 heterocycles. The van der Waals surface area contributed by atoms with Crippen molar-refractivity contribution in [2.24, 2.45) is 22.7 Å². The molecule has 4 nitrogen and oxygen atoms in total. The molecular weight excluding hydrogens is 388 g/mol. The molecule has 0 aliphatic heterocycles. The standard InChI is InChI=1S/C27H38O4/c1-7-24(28)30-21-12-13-22(31-25(29)8-2)20(16-21)17-27(6)19(4)14-15-26(5)18(3)10-9-11-23(26)27/h12-13,16,19,23H,3,7-11,14-15,17H2,1-2,4-6H3/t19-,23+,26+,27+/m0/s1. The maximum absolute atomic E-state index is 12.1. The zero-order valence-electron chi connectivity index (χ0n) is 19.9. The van der Waals surface area contributed by atoms with Crippen LogP contribution in [0.25, 0.3) is 0 Å². The summed E-state index contributed by atoms with van der Waals surface area (Å²) in [5.74, 6) is 1.64. The fourth-order valence-electron chi connectivity index (χ4n) is 5.93. The van der Waals surface area contributed by atoms with Crippen LogP contribution in [0, 0.1) is 22.7 Å². The van der Waals surface area contributed by atoms with E-state index in [1.807, 2.05) is 6.07 Å². The third kappa shape index (κ3) is 4.58. The maximum Gasteiger partial charge on any atom is 0.310 e. The van der Waals surface area contributed by atoms with Crippen molar-refractivity contribution in [1.29, 1.82) is 0 Å². The first-order valence-corrected chi connectivity index (χ1v) is 11.9. The van der Waals surface area contributed by atoms with Gasteiger partial charge in [-0.1, -0.05) is 46.8 Å². The van der Waals surface area contributed by atoms with Crippen LogP contribution < -0.4 is 9.47 Å². The summed E-state index contributed by atoms with van der Waals surface area (Å²) in [6.07, 6.45) is 7.29. The molecule has 0 radical (unpaired) electrons. The minimum absolute atomic E-state index is 0.0388. The van der Waals surface area contributed by atoms with Gasteiger partial charge in [-0.25, -0.2) is 0 Å². The average molecular weight is 427 g/mol. The molecule has 4 atom stereocenters. The van der Waals surface area contributed by atoms with Crippen LogP contribution in [0.15, 0.2) is 30.4 Å². The van der Waals surface area contributed by atoms with Crippen LogP contribution in [-0.4, -0.2) is 11.9 Å². The largest absolute Gasteiger partial charge is 0.427 e. The van der Waals surface area contributed by atoms with Crippen LogP contribution in [0.5, 0.6) is 11.5 Å². The van der Waals surface area contributed by atoms with Gasteiger partial charge in [0.25, 0.3) is 0 Å². The highest BCUT2D eigenvalue weighted by Crippen LogP contribution is 2.62. The molecule has 0 amide bonds. The highest BCUT2D eigenvalue weighted by molar-refractivity contribution is 5.73. The Morgan fingerprint density at radius 2 is 1.77 bits per heavy atom. The molecule has 4 heteroatoms. The second-order valence-corrected chi connectivity index (χ2v) is 10.0. The first-order valence-electron chi connectivity index (χ1n) is 11.9. The number of benzene rings is 1. The molecule has 2 aliphatic carbocycles. The lowest BCUT2D eigenvalue weighted by atomic mass is 9.46. The summed E-state index contributed by atoms with van der Waals surface area (Å²) in [6, 6.07) is 5.39. The number of hydrogen-bond acceptors (Lipinski definition) is 4. The lowest BCUT2D eigenvalue weighted by Gasteiger charge is -2.59. The topological polar surface area (TPSA) is 52.6 Å². The Kier molecular flexibility index (Phi) is 6.98. The van der Waals surface area contributed by atoms with Gasteiger partial charge in [0.15, 0.2) is 0 Å². The molecule has 1 aromatic carbocycles.